The third-order valence-corrected chi connectivity index (χ3v) is 4.54. The summed E-state index contributed by atoms with van der Waals surface area (Å²) in [5.74, 6) is -0.0299. The minimum atomic E-state index is -0.327. The van der Waals surface area contributed by atoms with Crippen molar-refractivity contribution in [3.63, 3.8) is 0 Å². The lowest BCUT2D eigenvalue weighted by Gasteiger charge is -2.14. The molecule has 6 heteroatoms. The van der Waals surface area contributed by atoms with Crippen LogP contribution in [0.15, 0.2) is 73.2 Å². The van der Waals surface area contributed by atoms with Gasteiger partial charge in [0, 0.05) is 35.1 Å². The van der Waals surface area contributed by atoms with Gasteiger partial charge in [0.25, 0.3) is 0 Å². The molecule has 0 aliphatic rings. The normalized spacial score (nSPS) is 11.3. The maximum absolute atomic E-state index is 13.9. The Labute approximate surface area is 154 Å². The van der Waals surface area contributed by atoms with Gasteiger partial charge in [0.05, 0.1) is 16.9 Å². The number of rotatable bonds is 2. The van der Waals surface area contributed by atoms with Crippen LogP contribution in [0.1, 0.15) is 0 Å². The lowest BCUT2D eigenvalue weighted by atomic mass is 10.0. The van der Waals surface area contributed by atoms with Gasteiger partial charge < -0.3 is 5.73 Å². The number of nitrogens with zero attached hydrogens (tertiary/aromatic N) is 4. The Morgan fingerprint density at radius 3 is 2.70 bits per heavy atom. The molecule has 0 aliphatic heterocycles. The van der Waals surface area contributed by atoms with Crippen molar-refractivity contribution >= 4 is 22.4 Å². The first-order valence-electron chi connectivity index (χ1n) is 8.44. The van der Waals surface area contributed by atoms with Crippen LogP contribution in [0.25, 0.3) is 39.1 Å². The molecule has 0 fully saturated rings. The molecule has 5 nitrogen and oxygen atoms in total. The van der Waals surface area contributed by atoms with E-state index in [9.17, 15) is 4.39 Å². The van der Waals surface area contributed by atoms with Gasteiger partial charge in [-0.3, -0.25) is 9.38 Å². The molecular weight excluding hydrogens is 341 g/mol. The zero-order valence-electron chi connectivity index (χ0n) is 14.2. The third-order valence-electron chi connectivity index (χ3n) is 4.54. The molecule has 0 bridgehead atoms. The summed E-state index contributed by atoms with van der Waals surface area (Å²) in [6, 6.07) is 16.2. The first-order chi connectivity index (χ1) is 13.2. The molecule has 0 unspecified atom stereocenters. The third kappa shape index (κ3) is 2.50. The number of anilines is 1. The van der Waals surface area contributed by atoms with Crippen molar-refractivity contribution in [3.05, 3.63) is 79.0 Å². The van der Waals surface area contributed by atoms with E-state index in [-0.39, 0.29) is 5.82 Å². The second-order valence-corrected chi connectivity index (χ2v) is 6.24. The van der Waals surface area contributed by atoms with Crippen molar-refractivity contribution in [1.29, 1.82) is 0 Å². The quantitative estimate of drug-likeness (QED) is 0.512. The number of hydrogen-bond donors (Lipinski definition) is 1. The van der Waals surface area contributed by atoms with Crippen molar-refractivity contribution in [1.82, 2.24) is 19.4 Å². The van der Waals surface area contributed by atoms with Crippen LogP contribution < -0.4 is 5.73 Å². The number of benzene rings is 2. The summed E-state index contributed by atoms with van der Waals surface area (Å²) >= 11 is 0. The highest BCUT2D eigenvalue weighted by Gasteiger charge is 2.17. The van der Waals surface area contributed by atoms with E-state index in [0.717, 1.165) is 22.2 Å². The average Bonchev–Trinajstić information content (AvgIpc) is 3.18. The summed E-state index contributed by atoms with van der Waals surface area (Å²) in [7, 11) is 0. The number of imidazole rings is 1. The summed E-state index contributed by atoms with van der Waals surface area (Å²) in [5, 5.41) is 1.00. The number of aromatic nitrogens is 4. The van der Waals surface area contributed by atoms with Crippen LogP contribution in [-0.2, 0) is 0 Å². The Kier molecular flexibility index (Phi) is 3.36. The van der Waals surface area contributed by atoms with Crippen LogP contribution in [-0.4, -0.2) is 19.4 Å². The van der Waals surface area contributed by atoms with Gasteiger partial charge >= 0.3 is 0 Å². The molecule has 0 aliphatic carbocycles. The Balaban J connectivity index is 1.87. The van der Waals surface area contributed by atoms with Crippen LogP contribution in [0.2, 0.25) is 0 Å². The van der Waals surface area contributed by atoms with E-state index >= 15 is 0 Å². The van der Waals surface area contributed by atoms with Crippen LogP contribution in [0.5, 0.6) is 0 Å². The maximum atomic E-state index is 13.9. The number of pyridine rings is 1. The van der Waals surface area contributed by atoms with Gasteiger partial charge in [-0.15, -0.1) is 0 Å². The van der Waals surface area contributed by atoms with Crippen molar-refractivity contribution in [3.8, 4) is 22.5 Å². The summed E-state index contributed by atoms with van der Waals surface area (Å²) < 4.78 is 15.8. The van der Waals surface area contributed by atoms with Gasteiger partial charge in [-0.1, -0.05) is 24.3 Å². The van der Waals surface area contributed by atoms with Gasteiger partial charge in [0.15, 0.2) is 11.5 Å². The zero-order chi connectivity index (χ0) is 18.4. The fourth-order valence-corrected chi connectivity index (χ4v) is 3.35. The molecule has 0 saturated heterocycles. The van der Waals surface area contributed by atoms with E-state index in [2.05, 4.69) is 15.0 Å². The van der Waals surface area contributed by atoms with Gasteiger partial charge in [0.1, 0.15) is 5.82 Å². The van der Waals surface area contributed by atoms with Gasteiger partial charge in [-0.25, -0.2) is 14.4 Å². The largest absolute Gasteiger partial charge is 0.381 e. The first kappa shape index (κ1) is 15.5. The molecule has 5 rings (SSSR count). The molecule has 5 aromatic rings. The van der Waals surface area contributed by atoms with Crippen molar-refractivity contribution < 1.29 is 4.39 Å². The number of halogens is 1. The standard InChI is InChI=1S/C21H14FN5/c22-16-5-1-3-14(12-16)18-19(27-10-9-25-21(27)20(23)26-18)15-6-7-17-13(11-15)4-2-8-24-17/h1-12H,(H2,23,26). The molecule has 0 atom stereocenters. The van der Waals surface area contributed by atoms with Crippen molar-refractivity contribution in [2.45, 2.75) is 0 Å². The smallest absolute Gasteiger partial charge is 0.180 e. The number of hydrogen-bond acceptors (Lipinski definition) is 4. The highest BCUT2D eigenvalue weighted by atomic mass is 19.1. The fraction of sp³-hybridized carbons (Fsp3) is 0. The molecule has 2 aromatic carbocycles. The Morgan fingerprint density at radius 2 is 1.81 bits per heavy atom. The lowest BCUT2D eigenvalue weighted by Crippen LogP contribution is -2.03. The zero-order valence-corrected chi connectivity index (χ0v) is 14.2. The lowest BCUT2D eigenvalue weighted by molar-refractivity contribution is 0.628. The van der Waals surface area contributed by atoms with Crippen molar-refractivity contribution in [2.24, 2.45) is 0 Å². The molecule has 2 N–H and O–H groups in total. The molecule has 0 saturated carbocycles. The van der Waals surface area contributed by atoms with Crippen LogP contribution in [0.4, 0.5) is 10.2 Å². The van der Waals surface area contributed by atoms with E-state index in [4.69, 9.17) is 5.73 Å². The van der Waals surface area contributed by atoms with Gasteiger partial charge in [-0.2, -0.15) is 0 Å². The molecule has 0 amide bonds. The monoisotopic (exact) mass is 355 g/mol. The summed E-state index contributed by atoms with van der Waals surface area (Å²) in [5.41, 5.74) is 10.6. The Morgan fingerprint density at radius 1 is 0.889 bits per heavy atom. The number of fused-ring (bicyclic) bond motifs is 2. The minimum Gasteiger partial charge on any atom is -0.381 e. The molecular formula is C21H14FN5. The van der Waals surface area contributed by atoms with Crippen LogP contribution >= 0.6 is 0 Å². The van der Waals surface area contributed by atoms with E-state index in [1.54, 1.807) is 18.5 Å². The summed E-state index contributed by atoms with van der Waals surface area (Å²) in [4.78, 5) is 13.2. The van der Waals surface area contributed by atoms with Gasteiger partial charge in [0.2, 0.25) is 0 Å². The minimum absolute atomic E-state index is 0.297. The molecule has 130 valence electrons. The van der Waals surface area contributed by atoms with Crippen molar-refractivity contribution in [2.75, 3.05) is 5.73 Å². The Hall–Kier alpha value is -3.80. The SMILES string of the molecule is Nc1nc(-c2cccc(F)c2)c(-c2ccc3ncccc3c2)n2ccnc12. The average molecular weight is 355 g/mol. The Bertz CT molecular complexity index is 1310. The predicted molar refractivity (Wildman–Crippen MR) is 104 cm³/mol. The molecule has 3 heterocycles. The van der Waals surface area contributed by atoms with Crippen LogP contribution in [0.3, 0.4) is 0 Å². The van der Waals surface area contributed by atoms with Crippen LogP contribution in [0, 0.1) is 5.82 Å². The van der Waals surface area contributed by atoms with E-state index < -0.39 is 0 Å². The molecule has 0 radical (unpaired) electrons. The molecule has 0 spiro atoms. The maximum Gasteiger partial charge on any atom is 0.180 e. The highest BCUT2D eigenvalue weighted by Crippen LogP contribution is 2.34. The molecule has 3 aromatic heterocycles. The summed E-state index contributed by atoms with van der Waals surface area (Å²) in [6.45, 7) is 0. The predicted octanol–water partition coefficient (Wildman–Crippen LogP) is 4.33. The first-order valence-corrected chi connectivity index (χ1v) is 8.44. The second kappa shape index (κ2) is 5.88. The van der Waals surface area contributed by atoms with E-state index in [0.29, 0.717) is 22.7 Å². The molecule has 27 heavy (non-hydrogen) atoms. The highest BCUT2D eigenvalue weighted by molar-refractivity contribution is 5.89. The number of nitrogen functional groups attached to an aromatic ring is 1. The second-order valence-electron chi connectivity index (χ2n) is 6.24. The fourth-order valence-electron chi connectivity index (χ4n) is 3.35. The van der Waals surface area contributed by atoms with Gasteiger partial charge in [-0.05, 0) is 30.3 Å². The number of nitrogens with two attached hydrogens (primary N) is 1. The van der Waals surface area contributed by atoms with E-state index in [1.807, 2.05) is 47.0 Å². The summed E-state index contributed by atoms with van der Waals surface area (Å²) in [6.07, 6.45) is 5.27. The van der Waals surface area contributed by atoms with E-state index in [1.165, 1.54) is 12.1 Å². The topological polar surface area (TPSA) is 69.1 Å².